The molecule has 0 saturated heterocycles. The molecule has 4 heteroatoms. The Morgan fingerprint density at radius 1 is 1.50 bits per heavy atom. The normalized spacial score (nSPS) is 22.3. The smallest absolute Gasteiger partial charge is 0.140 e. The summed E-state index contributed by atoms with van der Waals surface area (Å²) in [6.45, 7) is 5.05. The van der Waals surface area contributed by atoms with Crippen LogP contribution in [0.25, 0.3) is 0 Å². The Labute approximate surface area is 96.4 Å². The first-order valence-electron chi connectivity index (χ1n) is 6.41. The van der Waals surface area contributed by atoms with Crippen LogP contribution in [0.2, 0.25) is 0 Å². The van der Waals surface area contributed by atoms with E-state index >= 15 is 0 Å². The van der Waals surface area contributed by atoms with E-state index in [0.29, 0.717) is 5.41 Å². The predicted molar refractivity (Wildman–Crippen MR) is 61.8 cm³/mol. The summed E-state index contributed by atoms with van der Waals surface area (Å²) in [7, 11) is 0. The van der Waals surface area contributed by atoms with Crippen LogP contribution >= 0.6 is 0 Å². The average Bonchev–Trinajstić information content (AvgIpc) is 3.17. The average molecular weight is 220 g/mol. The summed E-state index contributed by atoms with van der Waals surface area (Å²) in [5.74, 6) is 2.10. The molecule has 2 aliphatic carbocycles. The van der Waals surface area contributed by atoms with E-state index in [4.69, 9.17) is 0 Å². The maximum Gasteiger partial charge on any atom is 0.140 e. The number of hydrogen-bond acceptors (Lipinski definition) is 3. The largest absolute Gasteiger partial charge is 0.309 e. The third kappa shape index (κ3) is 1.86. The minimum atomic E-state index is 0.678. The third-order valence-corrected chi connectivity index (χ3v) is 4.09. The fraction of sp³-hybridized carbons (Fsp3) is 0.833. The summed E-state index contributed by atoms with van der Waals surface area (Å²) in [5.41, 5.74) is 0.678. The Bertz CT molecular complexity index is 363. The molecule has 4 nitrogen and oxygen atoms in total. The highest BCUT2D eigenvalue weighted by Gasteiger charge is 2.53. The van der Waals surface area contributed by atoms with Crippen LogP contribution < -0.4 is 5.32 Å². The van der Waals surface area contributed by atoms with Gasteiger partial charge in [-0.3, -0.25) is 0 Å². The highest BCUT2D eigenvalue weighted by molar-refractivity contribution is 5.05. The number of nitrogens with one attached hydrogen (secondary N) is 1. The summed E-state index contributed by atoms with van der Waals surface area (Å²) in [5, 5.41) is 7.74. The monoisotopic (exact) mass is 220 g/mol. The molecule has 1 heterocycles. The standard InChI is InChI=1S/C12H20N4/c1-2-16-11(14-9-15-16)7-13-8-12(5-6-12)10-3-4-10/h9-10,13H,2-8H2,1H3. The van der Waals surface area contributed by atoms with E-state index in [2.05, 4.69) is 22.3 Å². The quantitative estimate of drug-likeness (QED) is 0.791. The zero-order chi connectivity index (χ0) is 11.0. The van der Waals surface area contributed by atoms with Gasteiger partial charge < -0.3 is 5.32 Å². The minimum Gasteiger partial charge on any atom is -0.309 e. The van der Waals surface area contributed by atoms with Crippen molar-refractivity contribution in [2.24, 2.45) is 11.3 Å². The maximum atomic E-state index is 4.28. The van der Waals surface area contributed by atoms with Crippen LogP contribution in [-0.2, 0) is 13.1 Å². The van der Waals surface area contributed by atoms with Gasteiger partial charge in [0.2, 0.25) is 0 Å². The molecule has 16 heavy (non-hydrogen) atoms. The second-order valence-electron chi connectivity index (χ2n) is 5.23. The van der Waals surface area contributed by atoms with Crippen LogP contribution in [-0.4, -0.2) is 21.3 Å². The molecule has 0 spiro atoms. The van der Waals surface area contributed by atoms with Crippen molar-refractivity contribution >= 4 is 0 Å². The zero-order valence-corrected chi connectivity index (χ0v) is 9.95. The summed E-state index contributed by atoms with van der Waals surface area (Å²) in [6, 6.07) is 0. The molecule has 0 bridgehead atoms. The molecule has 2 aliphatic rings. The van der Waals surface area contributed by atoms with Crippen molar-refractivity contribution in [2.45, 2.75) is 45.7 Å². The molecule has 0 radical (unpaired) electrons. The lowest BCUT2D eigenvalue weighted by molar-refractivity contribution is 0.397. The van der Waals surface area contributed by atoms with Crippen LogP contribution in [0.4, 0.5) is 0 Å². The number of aryl methyl sites for hydroxylation is 1. The van der Waals surface area contributed by atoms with E-state index in [1.807, 2.05) is 4.68 Å². The lowest BCUT2D eigenvalue weighted by Gasteiger charge is -2.14. The first-order valence-corrected chi connectivity index (χ1v) is 6.41. The number of hydrogen-bond donors (Lipinski definition) is 1. The summed E-state index contributed by atoms with van der Waals surface area (Å²) < 4.78 is 1.96. The van der Waals surface area contributed by atoms with Crippen molar-refractivity contribution in [2.75, 3.05) is 6.54 Å². The van der Waals surface area contributed by atoms with E-state index in [0.717, 1.165) is 24.8 Å². The SMILES string of the molecule is CCn1ncnc1CNCC1(C2CC2)CC1. The molecule has 0 amide bonds. The van der Waals surface area contributed by atoms with Crippen LogP contribution in [0.5, 0.6) is 0 Å². The van der Waals surface area contributed by atoms with E-state index in [-0.39, 0.29) is 0 Å². The molecule has 1 N–H and O–H groups in total. The second kappa shape index (κ2) is 3.84. The summed E-state index contributed by atoms with van der Waals surface area (Å²) >= 11 is 0. The summed E-state index contributed by atoms with van der Waals surface area (Å²) in [6.07, 6.45) is 7.45. The minimum absolute atomic E-state index is 0.678. The van der Waals surface area contributed by atoms with Crippen molar-refractivity contribution < 1.29 is 0 Å². The highest BCUT2D eigenvalue weighted by atomic mass is 15.3. The Kier molecular flexibility index (Phi) is 2.46. The number of aromatic nitrogens is 3. The van der Waals surface area contributed by atoms with Crippen molar-refractivity contribution in [1.29, 1.82) is 0 Å². The van der Waals surface area contributed by atoms with E-state index in [9.17, 15) is 0 Å². The Morgan fingerprint density at radius 2 is 2.31 bits per heavy atom. The van der Waals surface area contributed by atoms with Gasteiger partial charge in [-0.25, -0.2) is 9.67 Å². The van der Waals surface area contributed by atoms with E-state index in [1.54, 1.807) is 6.33 Å². The van der Waals surface area contributed by atoms with Crippen LogP contribution in [0.3, 0.4) is 0 Å². The van der Waals surface area contributed by atoms with Crippen molar-refractivity contribution in [3.8, 4) is 0 Å². The van der Waals surface area contributed by atoms with Gasteiger partial charge in [0.1, 0.15) is 12.2 Å². The molecular weight excluding hydrogens is 200 g/mol. The first kappa shape index (κ1) is 10.3. The van der Waals surface area contributed by atoms with Crippen LogP contribution in [0.15, 0.2) is 6.33 Å². The molecule has 3 rings (SSSR count). The topological polar surface area (TPSA) is 42.7 Å². The van der Waals surface area contributed by atoms with Gasteiger partial charge in [0.25, 0.3) is 0 Å². The highest BCUT2D eigenvalue weighted by Crippen LogP contribution is 2.60. The molecule has 1 aromatic rings. The molecule has 88 valence electrons. The van der Waals surface area contributed by atoms with Gasteiger partial charge in [-0.2, -0.15) is 5.10 Å². The maximum absolute atomic E-state index is 4.28. The lowest BCUT2D eigenvalue weighted by atomic mass is 10.0. The van der Waals surface area contributed by atoms with Crippen LogP contribution in [0.1, 0.15) is 38.4 Å². The fourth-order valence-electron chi connectivity index (χ4n) is 2.70. The molecule has 0 atom stereocenters. The van der Waals surface area contributed by atoms with Gasteiger partial charge in [0.15, 0.2) is 0 Å². The van der Waals surface area contributed by atoms with Gasteiger partial charge in [-0.05, 0) is 43.9 Å². The van der Waals surface area contributed by atoms with Gasteiger partial charge in [-0.15, -0.1) is 0 Å². The van der Waals surface area contributed by atoms with Crippen molar-refractivity contribution in [3.05, 3.63) is 12.2 Å². The third-order valence-electron chi connectivity index (χ3n) is 4.09. The van der Waals surface area contributed by atoms with Gasteiger partial charge in [0.05, 0.1) is 6.54 Å². The Morgan fingerprint density at radius 3 is 2.94 bits per heavy atom. The van der Waals surface area contributed by atoms with E-state index in [1.165, 1.54) is 32.2 Å². The fourth-order valence-corrected chi connectivity index (χ4v) is 2.70. The number of rotatable bonds is 6. The Hall–Kier alpha value is -0.900. The first-order chi connectivity index (χ1) is 7.84. The zero-order valence-electron chi connectivity index (χ0n) is 9.95. The van der Waals surface area contributed by atoms with Gasteiger partial charge >= 0.3 is 0 Å². The Balaban J connectivity index is 1.49. The number of nitrogens with zero attached hydrogens (tertiary/aromatic N) is 3. The second-order valence-corrected chi connectivity index (χ2v) is 5.23. The lowest BCUT2D eigenvalue weighted by Crippen LogP contribution is -2.26. The molecule has 2 saturated carbocycles. The molecule has 0 aromatic carbocycles. The van der Waals surface area contributed by atoms with Crippen molar-refractivity contribution in [3.63, 3.8) is 0 Å². The molecule has 2 fully saturated rings. The predicted octanol–water partition coefficient (Wildman–Crippen LogP) is 1.58. The van der Waals surface area contributed by atoms with Crippen LogP contribution in [0, 0.1) is 11.3 Å². The molecule has 1 aromatic heterocycles. The molecule has 0 aliphatic heterocycles. The summed E-state index contributed by atoms with van der Waals surface area (Å²) in [4.78, 5) is 4.28. The van der Waals surface area contributed by atoms with Crippen molar-refractivity contribution in [1.82, 2.24) is 20.1 Å². The molecule has 0 unspecified atom stereocenters. The van der Waals surface area contributed by atoms with Gasteiger partial charge in [-0.1, -0.05) is 0 Å². The van der Waals surface area contributed by atoms with E-state index < -0.39 is 0 Å². The van der Waals surface area contributed by atoms with Gasteiger partial charge in [0, 0.05) is 13.1 Å². The molecular formula is C12H20N4.